The summed E-state index contributed by atoms with van der Waals surface area (Å²) in [5.41, 5.74) is 0.893. The molecule has 0 unspecified atom stereocenters. The zero-order valence-electron chi connectivity index (χ0n) is 17.0. The predicted molar refractivity (Wildman–Crippen MR) is 108 cm³/mol. The van der Waals surface area contributed by atoms with Crippen molar-refractivity contribution < 1.29 is 23.0 Å². The van der Waals surface area contributed by atoms with Gasteiger partial charge in [-0.15, -0.1) is 0 Å². The lowest BCUT2D eigenvalue weighted by Crippen LogP contribution is -2.46. The third kappa shape index (κ3) is 4.03. The summed E-state index contributed by atoms with van der Waals surface area (Å²) >= 11 is 0. The average Bonchev–Trinajstić information content (AvgIpc) is 3.27. The SMILES string of the molecule is O=C(Cc1ccc2c(c1)OCCO2)N1CCC([C@@H]2C[C@H](C(F)F)n3ncnc3N2)CC1. The molecule has 0 spiro atoms. The number of aromatic nitrogens is 3. The molecule has 1 fully saturated rings. The number of halogens is 2. The molecule has 1 amide bonds. The van der Waals surface area contributed by atoms with Crippen molar-refractivity contribution in [3.63, 3.8) is 0 Å². The molecule has 10 heteroatoms. The summed E-state index contributed by atoms with van der Waals surface area (Å²) in [5.74, 6) is 2.07. The maximum absolute atomic E-state index is 13.5. The highest BCUT2D eigenvalue weighted by Gasteiger charge is 2.38. The number of amides is 1. The summed E-state index contributed by atoms with van der Waals surface area (Å²) in [6.45, 7) is 2.29. The molecule has 0 saturated carbocycles. The van der Waals surface area contributed by atoms with Crippen LogP contribution in [0.2, 0.25) is 0 Å². The van der Waals surface area contributed by atoms with Crippen LogP contribution in [0, 0.1) is 5.92 Å². The number of benzene rings is 1. The van der Waals surface area contributed by atoms with Gasteiger partial charge in [-0.25, -0.2) is 13.5 Å². The highest BCUT2D eigenvalue weighted by atomic mass is 19.3. The number of alkyl halides is 2. The number of nitrogens with zero attached hydrogens (tertiary/aromatic N) is 4. The topological polar surface area (TPSA) is 81.5 Å². The van der Waals surface area contributed by atoms with E-state index in [1.54, 1.807) is 0 Å². The monoisotopic (exact) mass is 433 g/mol. The van der Waals surface area contributed by atoms with Gasteiger partial charge in [0, 0.05) is 19.1 Å². The largest absolute Gasteiger partial charge is 0.486 e. The molecule has 1 aromatic heterocycles. The summed E-state index contributed by atoms with van der Waals surface area (Å²) < 4.78 is 39.4. The van der Waals surface area contributed by atoms with Crippen LogP contribution in [0.5, 0.6) is 11.5 Å². The van der Waals surface area contributed by atoms with Gasteiger partial charge >= 0.3 is 0 Å². The van der Waals surface area contributed by atoms with Crippen molar-refractivity contribution in [2.45, 2.75) is 44.2 Å². The number of fused-ring (bicyclic) bond motifs is 2. The van der Waals surface area contributed by atoms with Gasteiger partial charge in [0.15, 0.2) is 11.5 Å². The van der Waals surface area contributed by atoms with Gasteiger partial charge in [-0.05, 0) is 42.9 Å². The third-order valence-corrected chi connectivity index (χ3v) is 6.41. The zero-order chi connectivity index (χ0) is 21.4. The number of hydrogen-bond acceptors (Lipinski definition) is 6. The summed E-state index contributed by atoms with van der Waals surface area (Å²) in [4.78, 5) is 18.7. The number of likely N-dealkylation sites (tertiary alicyclic amines) is 1. The van der Waals surface area contributed by atoms with Crippen LogP contribution >= 0.6 is 0 Å². The summed E-state index contributed by atoms with van der Waals surface area (Å²) in [6.07, 6.45) is 0.976. The standard InChI is InChI=1S/C21H25F2N5O3/c22-20(23)16-11-15(26-21-24-12-25-28(16)21)14-3-5-27(6-4-14)19(29)10-13-1-2-17-18(9-13)31-8-7-30-17/h1-2,9,12,14-16,20H,3-8,10-11H2,(H,24,25,26)/t15-,16+/m0/s1. The van der Waals surface area contributed by atoms with Crippen LogP contribution in [0.3, 0.4) is 0 Å². The van der Waals surface area contributed by atoms with E-state index >= 15 is 0 Å². The Balaban J connectivity index is 1.17. The molecular weight excluding hydrogens is 408 g/mol. The smallest absolute Gasteiger partial charge is 0.260 e. The van der Waals surface area contributed by atoms with Crippen molar-refractivity contribution in [2.24, 2.45) is 5.92 Å². The zero-order valence-corrected chi connectivity index (χ0v) is 17.0. The second-order valence-corrected chi connectivity index (χ2v) is 8.29. The first kappa shape index (κ1) is 20.0. The van der Waals surface area contributed by atoms with Gasteiger partial charge in [0.25, 0.3) is 6.43 Å². The second kappa shape index (κ2) is 8.32. The minimum atomic E-state index is -2.49. The maximum atomic E-state index is 13.5. The van der Waals surface area contributed by atoms with Crippen LogP contribution in [-0.2, 0) is 11.2 Å². The van der Waals surface area contributed by atoms with Crippen LogP contribution in [-0.4, -0.2) is 64.3 Å². The van der Waals surface area contributed by atoms with Gasteiger partial charge in [-0.3, -0.25) is 4.79 Å². The van der Waals surface area contributed by atoms with Crippen LogP contribution in [0.1, 0.15) is 30.9 Å². The minimum absolute atomic E-state index is 0.0666. The maximum Gasteiger partial charge on any atom is 0.260 e. The van der Waals surface area contributed by atoms with Crippen molar-refractivity contribution >= 4 is 11.9 Å². The van der Waals surface area contributed by atoms with Crippen molar-refractivity contribution in [3.8, 4) is 11.5 Å². The fraction of sp³-hybridized carbons (Fsp3) is 0.571. The second-order valence-electron chi connectivity index (χ2n) is 8.29. The first-order valence-electron chi connectivity index (χ1n) is 10.7. The lowest BCUT2D eigenvalue weighted by Gasteiger charge is -2.40. The molecule has 0 aliphatic carbocycles. The summed E-state index contributed by atoms with van der Waals surface area (Å²) in [7, 11) is 0. The third-order valence-electron chi connectivity index (χ3n) is 6.41. The molecule has 4 heterocycles. The molecular formula is C21H25F2N5O3. The van der Waals surface area contributed by atoms with E-state index in [1.165, 1.54) is 11.0 Å². The van der Waals surface area contributed by atoms with Crippen LogP contribution in [0.15, 0.2) is 24.5 Å². The fourth-order valence-electron chi connectivity index (χ4n) is 4.74. The molecule has 3 aliphatic heterocycles. The van der Waals surface area contributed by atoms with Gasteiger partial charge < -0.3 is 19.7 Å². The summed E-state index contributed by atoms with van der Waals surface area (Å²) in [6, 6.07) is 4.55. The Morgan fingerprint density at radius 1 is 1.19 bits per heavy atom. The van der Waals surface area contributed by atoms with Crippen LogP contribution in [0.4, 0.5) is 14.7 Å². The van der Waals surface area contributed by atoms with E-state index < -0.39 is 12.5 Å². The molecule has 1 N–H and O–H groups in total. The van der Waals surface area contributed by atoms with Crippen molar-refractivity contribution in [3.05, 3.63) is 30.1 Å². The van der Waals surface area contributed by atoms with Crippen molar-refractivity contribution in [1.82, 2.24) is 19.7 Å². The molecule has 0 bridgehead atoms. The highest BCUT2D eigenvalue weighted by Crippen LogP contribution is 2.36. The molecule has 166 valence electrons. The lowest BCUT2D eigenvalue weighted by molar-refractivity contribution is -0.131. The molecule has 0 radical (unpaired) electrons. The van der Waals surface area contributed by atoms with E-state index in [9.17, 15) is 13.6 Å². The van der Waals surface area contributed by atoms with E-state index in [2.05, 4.69) is 15.4 Å². The van der Waals surface area contributed by atoms with Crippen molar-refractivity contribution in [2.75, 3.05) is 31.6 Å². The number of piperidine rings is 1. The number of anilines is 1. The Kier molecular flexibility index (Phi) is 5.37. The quantitative estimate of drug-likeness (QED) is 0.798. The van der Waals surface area contributed by atoms with E-state index in [4.69, 9.17) is 9.47 Å². The fourth-order valence-corrected chi connectivity index (χ4v) is 4.74. The van der Waals surface area contributed by atoms with Gasteiger partial charge in [0.1, 0.15) is 25.6 Å². The molecule has 2 aromatic rings. The van der Waals surface area contributed by atoms with E-state index in [0.717, 1.165) is 18.4 Å². The Morgan fingerprint density at radius 2 is 1.97 bits per heavy atom. The number of nitrogens with one attached hydrogen (secondary N) is 1. The Labute approximate surface area is 178 Å². The minimum Gasteiger partial charge on any atom is -0.486 e. The van der Waals surface area contributed by atoms with E-state index in [-0.39, 0.29) is 17.9 Å². The number of ether oxygens (including phenoxy) is 2. The number of carbonyl (C=O) groups is 1. The molecule has 31 heavy (non-hydrogen) atoms. The highest BCUT2D eigenvalue weighted by molar-refractivity contribution is 5.79. The van der Waals surface area contributed by atoms with Crippen LogP contribution in [0.25, 0.3) is 0 Å². The Bertz CT molecular complexity index is 945. The lowest BCUT2D eigenvalue weighted by atomic mass is 9.85. The first-order chi connectivity index (χ1) is 15.1. The van der Waals surface area contributed by atoms with Crippen LogP contribution < -0.4 is 14.8 Å². The Morgan fingerprint density at radius 3 is 2.74 bits per heavy atom. The van der Waals surface area contributed by atoms with E-state index in [1.807, 2.05) is 23.1 Å². The van der Waals surface area contributed by atoms with Gasteiger partial charge in [-0.2, -0.15) is 10.1 Å². The van der Waals surface area contributed by atoms with Crippen molar-refractivity contribution in [1.29, 1.82) is 0 Å². The number of carbonyl (C=O) groups excluding carboxylic acids is 1. The molecule has 1 saturated heterocycles. The average molecular weight is 433 g/mol. The van der Waals surface area contributed by atoms with Gasteiger partial charge in [-0.1, -0.05) is 6.07 Å². The molecule has 1 aromatic carbocycles. The molecule has 5 rings (SSSR count). The molecule has 8 nitrogen and oxygen atoms in total. The van der Waals surface area contributed by atoms with Gasteiger partial charge in [0.2, 0.25) is 11.9 Å². The molecule has 3 aliphatic rings. The Hall–Kier alpha value is -2.91. The normalized spacial score (nSPS) is 23.4. The first-order valence-corrected chi connectivity index (χ1v) is 10.7. The van der Waals surface area contributed by atoms with E-state index in [0.29, 0.717) is 56.6 Å². The molecule has 2 atom stereocenters. The number of hydrogen-bond donors (Lipinski definition) is 1. The van der Waals surface area contributed by atoms with Gasteiger partial charge in [0.05, 0.1) is 6.42 Å². The number of rotatable bonds is 4. The summed E-state index contributed by atoms with van der Waals surface area (Å²) in [5, 5.41) is 7.21. The predicted octanol–water partition coefficient (Wildman–Crippen LogP) is 2.52.